The number of hydrogen-bond donors (Lipinski definition) is 0. The van der Waals surface area contributed by atoms with E-state index < -0.39 is 0 Å². The molecular formula is C30H24BrNO3S2. The van der Waals surface area contributed by atoms with Crippen molar-refractivity contribution in [3.63, 3.8) is 0 Å². The molecule has 0 atom stereocenters. The van der Waals surface area contributed by atoms with Gasteiger partial charge in [0.25, 0.3) is 5.91 Å². The third-order valence-corrected chi connectivity index (χ3v) is 7.92. The molecule has 4 aromatic rings. The van der Waals surface area contributed by atoms with Crippen LogP contribution in [-0.4, -0.2) is 16.8 Å². The van der Waals surface area contributed by atoms with E-state index in [0.717, 1.165) is 32.2 Å². The van der Waals surface area contributed by atoms with Crippen molar-refractivity contribution >= 4 is 72.7 Å². The highest BCUT2D eigenvalue weighted by Gasteiger charge is 2.34. The van der Waals surface area contributed by atoms with Gasteiger partial charge in [0.15, 0.2) is 15.8 Å². The summed E-state index contributed by atoms with van der Waals surface area (Å²) in [7, 11) is 0. The van der Waals surface area contributed by atoms with Gasteiger partial charge in [-0.15, -0.1) is 0 Å². The number of thioether (sulfide) groups is 1. The van der Waals surface area contributed by atoms with E-state index in [2.05, 4.69) is 40.2 Å². The molecule has 1 aliphatic heterocycles. The van der Waals surface area contributed by atoms with Crippen LogP contribution in [0.15, 0.2) is 88.2 Å². The number of benzene rings is 4. The molecule has 0 aliphatic carbocycles. The number of fused-ring (bicyclic) bond motifs is 1. The molecule has 1 amide bonds. The number of amides is 1. The van der Waals surface area contributed by atoms with Gasteiger partial charge in [0.05, 0.1) is 21.7 Å². The number of halogens is 1. The van der Waals surface area contributed by atoms with Gasteiger partial charge < -0.3 is 9.47 Å². The zero-order valence-electron chi connectivity index (χ0n) is 20.4. The van der Waals surface area contributed by atoms with Crippen LogP contribution in [0.2, 0.25) is 0 Å². The number of hydrogen-bond acceptors (Lipinski definition) is 5. The molecule has 1 heterocycles. The fourth-order valence-electron chi connectivity index (χ4n) is 4.28. The van der Waals surface area contributed by atoms with Crippen molar-refractivity contribution in [3.05, 3.63) is 105 Å². The van der Waals surface area contributed by atoms with E-state index in [1.54, 1.807) is 4.90 Å². The van der Waals surface area contributed by atoms with Gasteiger partial charge in [-0.3, -0.25) is 9.69 Å². The van der Waals surface area contributed by atoms with E-state index in [1.807, 2.05) is 74.5 Å². The first-order chi connectivity index (χ1) is 18.0. The van der Waals surface area contributed by atoms with Gasteiger partial charge in [0.2, 0.25) is 0 Å². The minimum Gasteiger partial charge on any atom is -0.490 e. The van der Waals surface area contributed by atoms with Crippen LogP contribution in [0, 0.1) is 6.92 Å². The van der Waals surface area contributed by atoms with Gasteiger partial charge in [-0.1, -0.05) is 84.6 Å². The predicted octanol–water partition coefficient (Wildman–Crippen LogP) is 8.29. The lowest BCUT2D eigenvalue weighted by Crippen LogP contribution is -2.28. The van der Waals surface area contributed by atoms with Gasteiger partial charge in [0, 0.05) is 0 Å². The number of para-hydroxylation sites is 1. The van der Waals surface area contributed by atoms with Crippen molar-refractivity contribution in [2.75, 3.05) is 11.5 Å². The summed E-state index contributed by atoms with van der Waals surface area (Å²) in [5.41, 5.74) is 3.71. The van der Waals surface area contributed by atoms with Gasteiger partial charge in [-0.05, 0) is 81.5 Å². The Morgan fingerprint density at radius 2 is 1.76 bits per heavy atom. The van der Waals surface area contributed by atoms with Crippen LogP contribution < -0.4 is 14.4 Å². The van der Waals surface area contributed by atoms with Crippen LogP contribution in [-0.2, 0) is 11.4 Å². The summed E-state index contributed by atoms with van der Waals surface area (Å²) in [6.07, 6.45) is 1.85. The first-order valence-corrected chi connectivity index (χ1v) is 13.9. The maximum atomic E-state index is 13.3. The number of nitrogens with zero attached hydrogens (tertiary/aromatic N) is 1. The first kappa shape index (κ1) is 25.5. The molecule has 4 aromatic carbocycles. The molecule has 0 N–H and O–H groups in total. The predicted molar refractivity (Wildman–Crippen MR) is 160 cm³/mol. The molecular weight excluding hydrogens is 566 g/mol. The normalized spacial score (nSPS) is 14.6. The average Bonchev–Trinajstić information content (AvgIpc) is 3.16. The molecule has 0 bridgehead atoms. The quantitative estimate of drug-likeness (QED) is 0.160. The van der Waals surface area contributed by atoms with E-state index >= 15 is 0 Å². The van der Waals surface area contributed by atoms with Gasteiger partial charge in [0.1, 0.15) is 6.61 Å². The Balaban J connectivity index is 1.43. The molecule has 0 aromatic heterocycles. The molecule has 0 saturated carbocycles. The smallest absolute Gasteiger partial charge is 0.270 e. The van der Waals surface area contributed by atoms with Crippen LogP contribution in [0.4, 0.5) is 5.69 Å². The van der Waals surface area contributed by atoms with Crippen LogP contribution in [0.3, 0.4) is 0 Å². The Labute approximate surface area is 234 Å². The number of thiocarbonyl (C=S) groups is 1. The van der Waals surface area contributed by atoms with Crippen molar-refractivity contribution in [1.82, 2.24) is 0 Å². The lowest BCUT2D eigenvalue weighted by molar-refractivity contribution is -0.113. The number of anilines is 1. The van der Waals surface area contributed by atoms with Crippen LogP contribution in [0.1, 0.15) is 23.6 Å². The van der Waals surface area contributed by atoms with Crippen LogP contribution in [0.5, 0.6) is 11.5 Å². The Hall–Kier alpha value is -3.13. The molecule has 0 radical (unpaired) electrons. The maximum Gasteiger partial charge on any atom is 0.270 e. The zero-order chi connectivity index (χ0) is 25.9. The largest absolute Gasteiger partial charge is 0.490 e. The lowest BCUT2D eigenvalue weighted by Gasteiger charge is -2.17. The topological polar surface area (TPSA) is 38.8 Å². The number of carbonyl (C=O) groups excluding carboxylic acids is 1. The first-order valence-electron chi connectivity index (χ1n) is 11.9. The summed E-state index contributed by atoms with van der Waals surface area (Å²) in [5.74, 6) is 1.10. The Morgan fingerprint density at radius 1 is 1.00 bits per heavy atom. The molecule has 37 heavy (non-hydrogen) atoms. The number of ether oxygens (including phenoxy) is 2. The van der Waals surface area contributed by atoms with Crippen LogP contribution in [0.25, 0.3) is 16.8 Å². The van der Waals surface area contributed by atoms with Crippen molar-refractivity contribution in [2.24, 2.45) is 0 Å². The minimum absolute atomic E-state index is 0.130. The average molecular weight is 591 g/mol. The molecule has 1 saturated heterocycles. The summed E-state index contributed by atoms with van der Waals surface area (Å²) < 4.78 is 13.5. The standard InChI is InChI=1S/C30H24BrNO3S2/c1-3-34-26-16-20(17-27-29(33)32(30(36)37-27)25-14-7-4-9-19(25)2)15-24(31)28(26)35-18-22-12-8-11-21-10-5-6-13-23(21)22/h4-17H,3,18H2,1-2H3/b27-17+. The highest BCUT2D eigenvalue weighted by molar-refractivity contribution is 9.10. The summed E-state index contributed by atoms with van der Waals surface area (Å²) >= 11 is 10.5. The number of carbonyl (C=O) groups is 1. The third kappa shape index (κ3) is 5.30. The highest BCUT2D eigenvalue weighted by atomic mass is 79.9. The maximum absolute atomic E-state index is 13.3. The molecule has 4 nitrogen and oxygen atoms in total. The zero-order valence-corrected chi connectivity index (χ0v) is 23.6. The van der Waals surface area contributed by atoms with Crippen molar-refractivity contribution < 1.29 is 14.3 Å². The third-order valence-electron chi connectivity index (χ3n) is 6.03. The molecule has 1 fully saturated rings. The fourth-order valence-corrected chi connectivity index (χ4v) is 6.14. The van der Waals surface area contributed by atoms with Crippen molar-refractivity contribution in [1.29, 1.82) is 0 Å². The molecule has 5 rings (SSSR count). The summed E-state index contributed by atoms with van der Waals surface area (Å²) in [6.45, 7) is 4.78. The van der Waals surface area contributed by atoms with E-state index in [0.29, 0.717) is 33.9 Å². The monoisotopic (exact) mass is 589 g/mol. The Bertz CT molecular complexity index is 1540. The van der Waals surface area contributed by atoms with Gasteiger partial charge >= 0.3 is 0 Å². The second kappa shape index (κ2) is 11.1. The Morgan fingerprint density at radius 3 is 2.57 bits per heavy atom. The summed E-state index contributed by atoms with van der Waals surface area (Å²) in [5, 5.41) is 2.33. The van der Waals surface area contributed by atoms with E-state index in [1.165, 1.54) is 17.1 Å². The second-order valence-corrected chi connectivity index (χ2v) is 11.0. The lowest BCUT2D eigenvalue weighted by atomic mass is 10.1. The van der Waals surface area contributed by atoms with E-state index in [-0.39, 0.29) is 5.91 Å². The highest BCUT2D eigenvalue weighted by Crippen LogP contribution is 2.41. The molecule has 7 heteroatoms. The molecule has 1 aliphatic rings. The fraction of sp³-hybridized carbons (Fsp3) is 0.133. The van der Waals surface area contributed by atoms with Gasteiger partial charge in [-0.25, -0.2) is 0 Å². The molecule has 0 unspecified atom stereocenters. The van der Waals surface area contributed by atoms with Crippen molar-refractivity contribution in [3.8, 4) is 11.5 Å². The molecule has 0 spiro atoms. The van der Waals surface area contributed by atoms with E-state index in [9.17, 15) is 4.79 Å². The number of rotatable bonds is 7. The van der Waals surface area contributed by atoms with Crippen LogP contribution >= 0.6 is 39.9 Å². The Kier molecular flexibility index (Phi) is 7.65. The number of aryl methyl sites for hydroxylation is 1. The van der Waals surface area contributed by atoms with Gasteiger partial charge in [-0.2, -0.15) is 0 Å². The summed E-state index contributed by atoms with van der Waals surface area (Å²) in [6, 6.07) is 26.0. The SMILES string of the molecule is CCOc1cc(/C=C2/SC(=S)N(c3ccccc3C)C2=O)cc(Br)c1OCc1cccc2ccccc12. The second-order valence-electron chi connectivity index (χ2n) is 8.49. The van der Waals surface area contributed by atoms with Crippen molar-refractivity contribution in [2.45, 2.75) is 20.5 Å². The van der Waals surface area contributed by atoms with E-state index in [4.69, 9.17) is 21.7 Å². The molecule has 186 valence electrons. The minimum atomic E-state index is -0.130. The summed E-state index contributed by atoms with van der Waals surface area (Å²) in [4.78, 5) is 15.4.